The van der Waals surface area contributed by atoms with Crippen molar-refractivity contribution in [3.8, 4) is 11.5 Å². The summed E-state index contributed by atoms with van der Waals surface area (Å²) >= 11 is 0. The Balaban J connectivity index is 0.971. The minimum absolute atomic E-state index is 0.109. The highest BCUT2D eigenvalue weighted by atomic mass is 16.5. The molecule has 0 amide bonds. The third-order valence-electron chi connectivity index (χ3n) is 7.77. The van der Waals surface area contributed by atoms with E-state index in [0.717, 1.165) is 42.8 Å². The highest BCUT2D eigenvalue weighted by molar-refractivity contribution is 5.32. The first-order chi connectivity index (χ1) is 17.8. The Hall–Kier alpha value is -2.82. The normalized spacial score (nSPS) is 21.9. The number of rotatable bonds is 11. The number of hydrogen-bond donors (Lipinski definition) is 1. The lowest BCUT2D eigenvalue weighted by molar-refractivity contribution is 0.222. The summed E-state index contributed by atoms with van der Waals surface area (Å²) in [5, 5.41) is 3.72. The van der Waals surface area contributed by atoms with E-state index >= 15 is 0 Å². The molecule has 3 aromatic rings. The Morgan fingerprint density at radius 1 is 0.838 bits per heavy atom. The van der Waals surface area contributed by atoms with Crippen molar-refractivity contribution >= 4 is 0 Å². The van der Waals surface area contributed by atoms with Crippen LogP contribution in [0.25, 0.3) is 0 Å². The first kappa shape index (κ1) is 25.8. The lowest BCUT2D eigenvalue weighted by atomic mass is 9.87. The highest BCUT2D eigenvalue weighted by Crippen LogP contribution is 2.45. The number of piperidine rings is 1. The summed E-state index contributed by atoms with van der Waals surface area (Å²) in [5.74, 6) is 3.48. The molecule has 5 rings (SSSR count). The third-order valence-corrected chi connectivity index (χ3v) is 7.77. The maximum Gasteiger partial charge on any atom is 0.119 e. The van der Waals surface area contributed by atoms with Gasteiger partial charge in [-0.2, -0.15) is 0 Å². The van der Waals surface area contributed by atoms with Crippen LogP contribution in [0, 0.1) is 11.8 Å². The summed E-state index contributed by atoms with van der Waals surface area (Å²) in [7, 11) is 0. The summed E-state index contributed by atoms with van der Waals surface area (Å²) in [6.45, 7) is 13.9. The molecule has 1 saturated carbocycles. The van der Waals surface area contributed by atoms with Gasteiger partial charge in [-0.25, -0.2) is 0 Å². The number of likely N-dealkylation sites (tertiary alicyclic amines) is 1. The van der Waals surface area contributed by atoms with Crippen LogP contribution in [0.15, 0.2) is 78.9 Å². The molecule has 0 aromatic heterocycles. The fraction of sp³-hybridized carbons (Fsp3) is 0.455. The minimum Gasteiger partial charge on any atom is -0.492 e. The van der Waals surface area contributed by atoms with Crippen molar-refractivity contribution in [2.75, 3.05) is 26.2 Å². The van der Waals surface area contributed by atoms with Crippen LogP contribution in [0.2, 0.25) is 0 Å². The monoisotopic (exact) mass is 498 g/mol. The van der Waals surface area contributed by atoms with Gasteiger partial charge in [-0.15, -0.1) is 0 Å². The molecule has 0 spiro atoms. The van der Waals surface area contributed by atoms with E-state index in [1.165, 1.54) is 29.8 Å². The van der Waals surface area contributed by atoms with Gasteiger partial charge in [0.1, 0.15) is 18.1 Å². The van der Waals surface area contributed by atoms with E-state index in [0.29, 0.717) is 12.6 Å². The molecule has 1 saturated heterocycles. The van der Waals surface area contributed by atoms with Crippen molar-refractivity contribution in [1.29, 1.82) is 0 Å². The average molecular weight is 499 g/mol. The van der Waals surface area contributed by atoms with Gasteiger partial charge in [-0.3, -0.25) is 4.90 Å². The van der Waals surface area contributed by atoms with Crippen LogP contribution >= 0.6 is 0 Å². The molecular formula is C33H42N2O2. The molecule has 0 radical (unpaired) electrons. The standard InChI is InChI=1S/C33H42N2O2/c1-24(37-29-16-12-27(13-17-29)33(2,3)4)20-25-10-14-28(15-11-25)36-19-18-34-32-30-22-35(23-31(30)32)21-26-8-6-5-7-9-26/h5-17,24,30-32,34H,18-23H2,1-4H3/t24-,30-,31?,32+/m1/s1. The fourth-order valence-electron chi connectivity index (χ4n) is 5.64. The van der Waals surface area contributed by atoms with Crippen molar-refractivity contribution in [2.45, 2.75) is 58.2 Å². The second-order valence-corrected chi connectivity index (χ2v) is 11.9. The zero-order valence-electron chi connectivity index (χ0n) is 22.8. The van der Waals surface area contributed by atoms with Crippen molar-refractivity contribution in [1.82, 2.24) is 10.2 Å². The van der Waals surface area contributed by atoms with E-state index in [-0.39, 0.29) is 11.5 Å². The van der Waals surface area contributed by atoms with Crippen LogP contribution in [0.4, 0.5) is 0 Å². The van der Waals surface area contributed by atoms with Gasteiger partial charge >= 0.3 is 0 Å². The maximum atomic E-state index is 6.15. The Morgan fingerprint density at radius 2 is 1.49 bits per heavy atom. The number of ether oxygens (including phenoxy) is 2. The Morgan fingerprint density at radius 3 is 2.14 bits per heavy atom. The molecule has 1 aliphatic heterocycles. The predicted octanol–water partition coefficient (Wildman–Crippen LogP) is 6.09. The highest BCUT2D eigenvalue weighted by Gasteiger charge is 2.55. The zero-order valence-corrected chi connectivity index (χ0v) is 22.8. The van der Waals surface area contributed by atoms with Crippen molar-refractivity contribution in [3.63, 3.8) is 0 Å². The van der Waals surface area contributed by atoms with Crippen molar-refractivity contribution in [2.24, 2.45) is 11.8 Å². The van der Waals surface area contributed by atoms with Gasteiger partial charge in [0.05, 0.1) is 6.10 Å². The first-order valence-corrected chi connectivity index (χ1v) is 13.8. The molecule has 37 heavy (non-hydrogen) atoms. The topological polar surface area (TPSA) is 33.7 Å². The summed E-state index contributed by atoms with van der Waals surface area (Å²) in [6, 6.07) is 28.4. The summed E-state index contributed by atoms with van der Waals surface area (Å²) in [5.41, 5.74) is 4.16. The predicted molar refractivity (Wildman–Crippen MR) is 151 cm³/mol. The van der Waals surface area contributed by atoms with Crippen molar-refractivity contribution < 1.29 is 9.47 Å². The molecule has 196 valence electrons. The van der Waals surface area contributed by atoms with E-state index in [1.807, 2.05) is 0 Å². The number of nitrogens with zero attached hydrogens (tertiary/aromatic N) is 1. The number of nitrogens with one attached hydrogen (secondary N) is 1. The van der Waals surface area contributed by atoms with E-state index in [9.17, 15) is 0 Å². The summed E-state index contributed by atoms with van der Waals surface area (Å²) in [4.78, 5) is 2.59. The van der Waals surface area contributed by atoms with E-state index in [4.69, 9.17) is 9.47 Å². The Kier molecular flexibility index (Phi) is 7.87. The average Bonchev–Trinajstić information content (AvgIpc) is 3.32. The van der Waals surface area contributed by atoms with Gasteiger partial charge in [-0.05, 0) is 65.1 Å². The molecule has 3 aromatic carbocycles. The minimum atomic E-state index is 0.109. The Bertz CT molecular complexity index is 1110. The van der Waals surface area contributed by atoms with Crippen LogP contribution in [-0.4, -0.2) is 43.3 Å². The van der Waals surface area contributed by atoms with E-state index in [2.05, 4.69) is 117 Å². The lowest BCUT2D eigenvalue weighted by Gasteiger charge is -2.20. The van der Waals surface area contributed by atoms with Crippen LogP contribution in [0.1, 0.15) is 44.4 Å². The summed E-state index contributed by atoms with van der Waals surface area (Å²) in [6.07, 6.45) is 0.979. The fourth-order valence-corrected chi connectivity index (χ4v) is 5.64. The molecule has 0 bridgehead atoms. The second-order valence-electron chi connectivity index (χ2n) is 11.9. The lowest BCUT2D eigenvalue weighted by Crippen LogP contribution is -2.33. The van der Waals surface area contributed by atoms with Crippen LogP contribution in [0.5, 0.6) is 11.5 Å². The van der Waals surface area contributed by atoms with Crippen LogP contribution in [-0.2, 0) is 18.4 Å². The maximum absolute atomic E-state index is 6.15. The molecule has 2 aliphatic rings. The van der Waals surface area contributed by atoms with Gasteiger partial charge in [0.15, 0.2) is 0 Å². The SMILES string of the molecule is C[C@H](Cc1ccc(OCCN[C@@H]2C3CN(Cc4ccccc4)C[C@H]32)cc1)Oc1ccc(C(C)(C)C)cc1. The molecule has 1 aliphatic carbocycles. The second kappa shape index (κ2) is 11.3. The van der Waals surface area contributed by atoms with Gasteiger partial charge in [0.2, 0.25) is 0 Å². The number of benzene rings is 3. The van der Waals surface area contributed by atoms with Crippen molar-refractivity contribution in [3.05, 3.63) is 95.6 Å². The summed E-state index contributed by atoms with van der Waals surface area (Å²) < 4.78 is 12.1. The van der Waals surface area contributed by atoms with E-state index < -0.39 is 0 Å². The molecule has 4 nitrogen and oxygen atoms in total. The van der Waals surface area contributed by atoms with Gasteiger partial charge < -0.3 is 14.8 Å². The molecule has 4 heteroatoms. The van der Waals surface area contributed by atoms with Gasteiger partial charge in [0, 0.05) is 38.6 Å². The first-order valence-electron chi connectivity index (χ1n) is 13.8. The molecule has 1 heterocycles. The van der Waals surface area contributed by atoms with Crippen LogP contribution in [0.3, 0.4) is 0 Å². The third kappa shape index (κ3) is 6.94. The quantitative estimate of drug-likeness (QED) is 0.324. The Labute approximate surface area is 223 Å². The molecule has 2 fully saturated rings. The number of fused-ring (bicyclic) bond motifs is 1. The molecular weight excluding hydrogens is 456 g/mol. The van der Waals surface area contributed by atoms with Gasteiger partial charge in [-0.1, -0.05) is 75.4 Å². The van der Waals surface area contributed by atoms with Gasteiger partial charge in [0.25, 0.3) is 0 Å². The number of hydrogen-bond acceptors (Lipinski definition) is 4. The molecule has 4 atom stereocenters. The smallest absolute Gasteiger partial charge is 0.119 e. The molecule has 1 N–H and O–H groups in total. The van der Waals surface area contributed by atoms with E-state index in [1.54, 1.807) is 0 Å². The van der Waals surface area contributed by atoms with Crippen LogP contribution < -0.4 is 14.8 Å². The largest absolute Gasteiger partial charge is 0.492 e. The molecule has 1 unspecified atom stereocenters. The zero-order chi connectivity index (χ0) is 25.8.